The number of nitrogens with one attached hydrogen (secondary N) is 2. The van der Waals surface area contributed by atoms with E-state index in [9.17, 15) is 4.79 Å². The van der Waals surface area contributed by atoms with E-state index in [0.717, 1.165) is 25.1 Å². The molecule has 2 amide bonds. The average molecular weight is 252 g/mol. The van der Waals surface area contributed by atoms with Gasteiger partial charge in [0.05, 0.1) is 17.8 Å². The van der Waals surface area contributed by atoms with Crippen molar-refractivity contribution in [3.05, 3.63) is 11.8 Å². The summed E-state index contributed by atoms with van der Waals surface area (Å²) in [5.41, 5.74) is 0.875. The van der Waals surface area contributed by atoms with Gasteiger partial charge in [-0.1, -0.05) is 0 Å². The molecule has 0 aliphatic carbocycles. The van der Waals surface area contributed by atoms with Crippen LogP contribution in [-0.2, 0) is 11.8 Å². The fourth-order valence-electron chi connectivity index (χ4n) is 2.18. The highest BCUT2D eigenvalue weighted by atomic mass is 16.5. The Bertz CT molecular complexity index is 424. The van der Waals surface area contributed by atoms with Crippen molar-refractivity contribution in [1.82, 2.24) is 15.1 Å². The summed E-state index contributed by atoms with van der Waals surface area (Å²) in [5, 5.41) is 9.84. The number of carbonyl (C=O) groups excluding carboxylic acids is 1. The van der Waals surface area contributed by atoms with Gasteiger partial charge in [-0.25, -0.2) is 4.79 Å². The van der Waals surface area contributed by atoms with Crippen LogP contribution in [0.2, 0.25) is 0 Å². The SMILES string of the molecule is Cc1cc(NC(=O)NC(C)C2CCCO2)n(C)n1. The van der Waals surface area contributed by atoms with Crippen LogP contribution in [-0.4, -0.2) is 34.6 Å². The van der Waals surface area contributed by atoms with Crippen LogP contribution in [0.25, 0.3) is 0 Å². The monoisotopic (exact) mass is 252 g/mol. The van der Waals surface area contributed by atoms with Crippen molar-refractivity contribution in [3.63, 3.8) is 0 Å². The van der Waals surface area contributed by atoms with Crippen molar-refractivity contribution in [3.8, 4) is 0 Å². The number of amides is 2. The van der Waals surface area contributed by atoms with Gasteiger partial charge < -0.3 is 10.1 Å². The Labute approximate surface area is 107 Å². The maximum absolute atomic E-state index is 11.8. The molecule has 1 saturated heterocycles. The van der Waals surface area contributed by atoms with Gasteiger partial charge in [-0.3, -0.25) is 10.00 Å². The third-order valence-corrected chi connectivity index (χ3v) is 3.12. The fourth-order valence-corrected chi connectivity index (χ4v) is 2.18. The molecule has 2 heterocycles. The minimum absolute atomic E-state index is 0.0156. The van der Waals surface area contributed by atoms with Crippen molar-refractivity contribution in [2.45, 2.75) is 38.8 Å². The standard InChI is InChI=1S/C12H20N4O2/c1-8-7-11(16(3)15-8)14-12(17)13-9(2)10-5-4-6-18-10/h7,9-10H,4-6H2,1-3H3,(H2,13,14,17). The van der Waals surface area contributed by atoms with Gasteiger partial charge in [-0.2, -0.15) is 5.10 Å². The van der Waals surface area contributed by atoms with E-state index in [0.29, 0.717) is 5.82 Å². The highest BCUT2D eigenvalue weighted by molar-refractivity contribution is 5.88. The maximum atomic E-state index is 11.8. The van der Waals surface area contributed by atoms with Crippen LogP contribution in [0.4, 0.5) is 10.6 Å². The Morgan fingerprint density at radius 2 is 2.44 bits per heavy atom. The van der Waals surface area contributed by atoms with E-state index in [2.05, 4.69) is 15.7 Å². The van der Waals surface area contributed by atoms with Crippen molar-refractivity contribution >= 4 is 11.8 Å². The number of urea groups is 1. The Kier molecular flexibility index (Phi) is 3.86. The second kappa shape index (κ2) is 5.39. The molecule has 1 aliphatic rings. The maximum Gasteiger partial charge on any atom is 0.320 e. The van der Waals surface area contributed by atoms with Gasteiger partial charge in [0, 0.05) is 19.7 Å². The summed E-state index contributed by atoms with van der Waals surface area (Å²) < 4.78 is 7.18. The molecule has 2 atom stereocenters. The second-order valence-electron chi connectivity index (χ2n) is 4.73. The Hall–Kier alpha value is -1.56. The molecule has 1 fully saturated rings. The first kappa shape index (κ1) is 12.9. The molecule has 1 aromatic heterocycles. The van der Waals surface area contributed by atoms with E-state index in [1.807, 2.05) is 19.9 Å². The predicted octanol–water partition coefficient (Wildman–Crippen LogP) is 1.42. The third kappa shape index (κ3) is 3.01. The number of aromatic nitrogens is 2. The van der Waals surface area contributed by atoms with E-state index >= 15 is 0 Å². The topological polar surface area (TPSA) is 68.2 Å². The van der Waals surface area contributed by atoms with E-state index < -0.39 is 0 Å². The van der Waals surface area contributed by atoms with E-state index in [-0.39, 0.29) is 18.2 Å². The first-order valence-corrected chi connectivity index (χ1v) is 6.26. The third-order valence-electron chi connectivity index (χ3n) is 3.12. The van der Waals surface area contributed by atoms with Crippen LogP contribution >= 0.6 is 0 Å². The van der Waals surface area contributed by atoms with Gasteiger partial charge in [0.15, 0.2) is 0 Å². The van der Waals surface area contributed by atoms with Gasteiger partial charge >= 0.3 is 6.03 Å². The molecular weight excluding hydrogens is 232 g/mol. The van der Waals surface area contributed by atoms with Gasteiger partial charge in [0.2, 0.25) is 0 Å². The minimum Gasteiger partial charge on any atom is -0.376 e. The van der Waals surface area contributed by atoms with Crippen molar-refractivity contribution in [1.29, 1.82) is 0 Å². The smallest absolute Gasteiger partial charge is 0.320 e. The van der Waals surface area contributed by atoms with Crippen LogP contribution in [0.5, 0.6) is 0 Å². The second-order valence-corrected chi connectivity index (χ2v) is 4.73. The van der Waals surface area contributed by atoms with Gasteiger partial charge in [0.1, 0.15) is 5.82 Å². The first-order chi connectivity index (χ1) is 8.56. The van der Waals surface area contributed by atoms with Crippen LogP contribution in [0, 0.1) is 6.92 Å². The lowest BCUT2D eigenvalue weighted by Crippen LogP contribution is -2.43. The molecule has 2 rings (SSSR count). The lowest BCUT2D eigenvalue weighted by Gasteiger charge is -2.20. The Morgan fingerprint density at radius 1 is 1.67 bits per heavy atom. The molecule has 6 nitrogen and oxygen atoms in total. The lowest BCUT2D eigenvalue weighted by atomic mass is 10.1. The number of anilines is 1. The molecule has 6 heteroatoms. The minimum atomic E-state index is -0.221. The van der Waals surface area contributed by atoms with Gasteiger partial charge in [0.25, 0.3) is 0 Å². The van der Waals surface area contributed by atoms with Crippen molar-refractivity contribution < 1.29 is 9.53 Å². The summed E-state index contributed by atoms with van der Waals surface area (Å²) in [6.07, 6.45) is 2.20. The summed E-state index contributed by atoms with van der Waals surface area (Å²) in [5.74, 6) is 0.685. The molecule has 2 unspecified atom stereocenters. The summed E-state index contributed by atoms with van der Waals surface area (Å²) >= 11 is 0. The molecule has 0 aromatic carbocycles. The number of hydrogen-bond acceptors (Lipinski definition) is 3. The van der Waals surface area contributed by atoms with Crippen LogP contribution in [0.1, 0.15) is 25.5 Å². The molecular formula is C12H20N4O2. The molecule has 1 aromatic rings. The van der Waals surface area contributed by atoms with E-state index in [1.165, 1.54) is 0 Å². The molecule has 0 spiro atoms. The molecule has 0 radical (unpaired) electrons. The normalized spacial score (nSPS) is 20.7. The quantitative estimate of drug-likeness (QED) is 0.854. The van der Waals surface area contributed by atoms with Gasteiger partial charge in [-0.05, 0) is 26.7 Å². The summed E-state index contributed by atoms with van der Waals surface area (Å²) in [6.45, 7) is 4.64. The zero-order valence-corrected chi connectivity index (χ0v) is 11.1. The molecule has 2 N–H and O–H groups in total. The highest BCUT2D eigenvalue weighted by Gasteiger charge is 2.23. The molecule has 18 heavy (non-hydrogen) atoms. The average Bonchev–Trinajstić information content (AvgIpc) is 2.89. The number of ether oxygens (including phenoxy) is 1. The largest absolute Gasteiger partial charge is 0.376 e. The Morgan fingerprint density at radius 3 is 3.00 bits per heavy atom. The molecule has 1 aliphatic heterocycles. The highest BCUT2D eigenvalue weighted by Crippen LogP contribution is 2.15. The number of hydrogen-bond donors (Lipinski definition) is 2. The fraction of sp³-hybridized carbons (Fsp3) is 0.667. The van der Waals surface area contributed by atoms with E-state index in [1.54, 1.807) is 11.7 Å². The van der Waals surface area contributed by atoms with Crippen LogP contribution in [0.15, 0.2) is 6.07 Å². The van der Waals surface area contributed by atoms with Crippen LogP contribution in [0.3, 0.4) is 0 Å². The summed E-state index contributed by atoms with van der Waals surface area (Å²) in [7, 11) is 1.80. The molecule has 0 bridgehead atoms. The van der Waals surface area contributed by atoms with Crippen LogP contribution < -0.4 is 10.6 Å². The molecule has 0 saturated carbocycles. The summed E-state index contributed by atoms with van der Waals surface area (Å²) in [4.78, 5) is 11.8. The van der Waals surface area contributed by atoms with Gasteiger partial charge in [-0.15, -0.1) is 0 Å². The number of nitrogens with zero attached hydrogens (tertiary/aromatic N) is 2. The number of carbonyl (C=O) groups is 1. The number of rotatable bonds is 3. The molecule has 100 valence electrons. The zero-order valence-electron chi connectivity index (χ0n) is 11.1. The predicted molar refractivity (Wildman–Crippen MR) is 68.5 cm³/mol. The van der Waals surface area contributed by atoms with Crippen molar-refractivity contribution in [2.75, 3.05) is 11.9 Å². The van der Waals surface area contributed by atoms with Crippen molar-refractivity contribution in [2.24, 2.45) is 7.05 Å². The summed E-state index contributed by atoms with van der Waals surface area (Å²) in [6, 6.07) is 1.62. The first-order valence-electron chi connectivity index (χ1n) is 6.26. The van der Waals surface area contributed by atoms with E-state index in [4.69, 9.17) is 4.74 Å². The Balaban J connectivity index is 1.86. The lowest BCUT2D eigenvalue weighted by molar-refractivity contribution is 0.0868. The number of aryl methyl sites for hydroxylation is 2. The zero-order chi connectivity index (χ0) is 13.1.